The minimum absolute atomic E-state index is 0.00298. The Morgan fingerprint density at radius 3 is 2.02 bits per heavy atom. The molecule has 230 valence electrons. The van der Waals surface area contributed by atoms with E-state index in [0.717, 1.165) is 9.87 Å². The van der Waals surface area contributed by atoms with Crippen molar-refractivity contribution in [2.75, 3.05) is 10.8 Å². The average molecular weight is 673 g/mol. The summed E-state index contributed by atoms with van der Waals surface area (Å²) in [6.07, 6.45) is 0.198. The maximum atomic E-state index is 14.4. The lowest BCUT2D eigenvalue weighted by atomic mass is 10.0. The lowest BCUT2D eigenvalue weighted by molar-refractivity contribution is -0.140. The van der Waals surface area contributed by atoms with E-state index in [1.54, 1.807) is 42.5 Å². The zero-order valence-electron chi connectivity index (χ0n) is 24.2. The minimum atomic E-state index is -4.25. The topological polar surface area (TPSA) is 86.8 Å². The third-order valence-corrected chi connectivity index (χ3v) is 9.51. The molecular weight excluding hydrogens is 641 g/mol. The first-order chi connectivity index (χ1) is 21.0. The van der Waals surface area contributed by atoms with Crippen molar-refractivity contribution in [3.8, 4) is 0 Å². The number of hydrogen-bond donors (Lipinski definition) is 1. The van der Waals surface area contributed by atoms with Gasteiger partial charge < -0.3 is 10.2 Å². The van der Waals surface area contributed by atoms with E-state index in [1.165, 1.54) is 35.2 Å². The number of halogens is 3. The smallest absolute Gasteiger partial charge is 0.264 e. The highest BCUT2D eigenvalue weighted by Gasteiger charge is 2.35. The molecule has 0 saturated carbocycles. The van der Waals surface area contributed by atoms with Gasteiger partial charge in [0.05, 0.1) is 20.6 Å². The Hall–Kier alpha value is -3.56. The zero-order valence-corrected chi connectivity index (χ0v) is 27.2. The third-order valence-electron chi connectivity index (χ3n) is 6.75. The van der Waals surface area contributed by atoms with E-state index in [4.69, 9.17) is 34.8 Å². The fraction of sp³-hybridized carbons (Fsp3) is 0.212. The molecule has 0 aliphatic rings. The van der Waals surface area contributed by atoms with Gasteiger partial charge in [0.15, 0.2) is 0 Å². The van der Waals surface area contributed by atoms with Crippen molar-refractivity contribution in [1.82, 2.24) is 10.2 Å². The van der Waals surface area contributed by atoms with Crippen LogP contribution in [0.15, 0.2) is 108 Å². The van der Waals surface area contributed by atoms with E-state index in [9.17, 15) is 18.0 Å². The Balaban J connectivity index is 1.82. The molecule has 0 heterocycles. The van der Waals surface area contributed by atoms with Crippen LogP contribution in [-0.2, 0) is 32.6 Å². The number of anilines is 1. The molecule has 0 unspecified atom stereocenters. The summed E-state index contributed by atoms with van der Waals surface area (Å²) < 4.78 is 29.0. The molecule has 0 spiro atoms. The van der Waals surface area contributed by atoms with E-state index in [1.807, 2.05) is 44.2 Å². The fourth-order valence-electron chi connectivity index (χ4n) is 4.66. The molecule has 0 radical (unpaired) electrons. The number of nitrogens with one attached hydrogen (secondary N) is 1. The van der Waals surface area contributed by atoms with Crippen molar-refractivity contribution in [2.24, 2.45) is 0 Å². The molecule has 0 fully saturated rings. The highest BCUT2D eigenvalue weighted by Crippen LogP contribution is 2.31. The molecule has 1 N–H and O–H groups in total. The Morgan fingerprint density at radius 2 is 1.41 bits per heavy atom. The van der Waals surface area contributed by atoms with Crippen LogP contribution in [0.5, 0.6) is 0 Å². The van der Waals surface area contributed by atoms with Gasteiger partial charge in [-0.1, -0.05) is 95.5 Å². The number of sulfonamides is 1. The Morgan fingerprint density at radius 1 is 0.773 bits per heavy atom. The van der Waals surface area contributed by atoms with Crippen LogP contribution in [0.4, 0.5) is 5.69 Å². The van der Waals surface area contributed by atoms with Gasteiger partial charge in [-0.2, -0.15) is 0 Å². The molecular formula is C33H32Cl3N3O4S. The summed E-state index contributed by atoms with van der Waals surface area (Å²) in [6.45, 7) is 3.05. The Kier molecular flexibility index (Phi) is 11.3. The number of rotatable bonds is 12. The average Bonchev–Trinajstić information content (AvgIpc) is 2.99. The van der Waals surface area contributed by atoms with Crippen molar-refractivity contribution in [3.05, 3.63) is 129 Å². The molecule has 0 aromatic heterocycles. The first kappa shape index (κ1) is 33.3. The highest BCUT2D eigenvalue weighted by atomic mass is 35.5. The highest BCUT2D eigenvalue weighted by molar-refractivity contribution is 7.92. The summed E-state index contributed by atoms with van der Waals surface area (Å²) in [5, 5.41) is 3.75. The lowest BCUT2D eigenvalue weighted by Gasteiger charge is -2.34. The van der Waals surface area contributed by atoms with Gasteiger partial charge in [0.25, 0.3) is 10.0 Å². The van der Waals surface area contributed by atoms with Crippen LogP contribution in [0.2, 0.25) is 15.1 Å². The zero-order chi connectivity index (χ0) is 31.9. The van der Waals surface area contributed by atoms with Crippen molar-refractivity contribution >= 4 is 62.3 Å². The van der Waals surface area contributed by atoms with E-state index >= 15 is 0 Å². The predicted octanol–water partition coefficient (Wildman–Crippen LogP) is 7.01. The first-order valence-corrected chi connectivity index (χ1v) is 16.4. The van der Waals surface area contributed by atoms with Crippen molar-refractivity contribution in [1.29, 1.82) is 0 Å². The number of nitrogens with zero attached hydrogens (tertiary/aromatic N) is 2. The summed E-state index contributed by atoms with van der Waals surface area (Å²) >= 11 is 18.7. The van der Waals surface area contributed by atoms with E-state index in [0.29, 0.717) is 10.6 Å². The second-order valence-electron chi connectivity index (χ2n) is 10.4. The van der Waals surface area contributed by atoms with Crippen molar-refractivity contribution < 1.29 is 18.0 Å². The molecule has 44 heavy (non-hydrogen) atoms. The van der Waals surface area contributed by atoms with Gasteiger partial charge in [-0.25, -0.2) is 8.42 Å². The third kappa shape index (κ3) is 8.54. The molecule has 11 heteroatoms. The molecule has 4 aromatic rings. The van der Waals surface area contributed by atoms with E-state index < -0.39 is 28.5 Å². The quantitative estimate of drug-likeness (QED) is 0.176. The lowest BCUT2D eigenvalue weighted by Crippen LogP contribution is -2.54. The van der Waals surface area contributed by atoms with Crippen LogP contribution >= 0.6 is 34.8 Å². The van der Waals surface area contributed by atoms with Crippen LogP contribution in [0, 0.1) is 0 Å². The number of hydrogen-bond acceptors (Lipinski definition) is 4. The summed E-state index contributed by atoms with van der Waals surface area (Å²) in [5.74, 6) is -0.971. The first-order valence-electron chi connectivity index (χ1n) is 13.9. The summed E-state index contributed by atoms with van der Waals surface area (Å²) in [7, 11) is -4.25. The Labute approximate surface area is 273 Å². The molecule has 0 saturated heterocycles. The Bertz CT molecular complexity index is 1700. The van der Waals surface area contributed by atoms with Crippen LogP contribution in [0.1, 0.15) is 25.0 Å². The van der Waals surface area contributed by atoms with Gasteiger partial charge in [0.1, 0.15) is 12.6 Å². The molecule has 0 aliphatic carbocycles. The maximum absolute atomic E-state index is 14.4. The molecule has 0 bridgehead atoms. The summed E-state index contributed by atoms with van der Waals surface area (Å²) in [5.41, 5.74) is 1.65. The SMILES string of the molecule is CC(C)NC(=O)[C@@H](Cc1ccccc1)N(Cc1cccc(Cl)c1)C(=O)CN(c1ccc(Cl)c(Cl)c1)S(=O)(=O)c1ccccc1. The van der Waals surface area contributed by atoms with Crippen LogP contribution in [-0.4, -0.2) is 43.8 Å². The molecule has 1 atom stereocenters. The van der Waals surface area contributed by atoms with Crippen LogP contribution < -0.4 is 9.62 Å². The molecule has 0 aliphatic heterocycles. The van der Waals surface area contributed by atoms with Gasteiger partial charge in [-0.3, -0.25) is 13.9 Å². The summed E-state index contributed by atoms with van der Waals surface area (Å²) in [4.78, 5) is 29.5. The molecule has 4 aromatic carbocycles. The molecule has 2 amide bonds. The summed E-state index contributed by atoms with van der Waals surface area (Å²) in [6, 6.07) is 27.3. The van der Waals surface area contributed by atoms with Gasteiger partial charge in [0.2, 0.25) is 11.8 Å². The van der Waals surface area contributed by atoms with Crippen LogP contribution in [0.25, 0.3) is 0 Å². The van der Waals surface area contributed by atoms with Crippen molar-refractivity contribution in [2.45, 2.75) is 43.8 Å². The fourth-order valence-corrected chi connectivity index (χ4v) is 6.59. The standard InChI is InChI=1S/C33H32Cl3N3O4S/c1-23(2)37-33(41)31(19-24-10-5-3-6-11-24)38(21-25-12-9-13-26(34)18-25)32(40)22-39(27-16-17-29(35)30(36)20-27)44(42,43)28-14-7-4-8-15-28/h3-18,20,23,31H,19,21-22H2,1-2H3,(H,37,41)/t31-/m1/s1. The van der Waals surface area contributed by atoms with Gasteiger partial charge in [-0.15, -0.1) is 0 Å². The largest absolute Gasteiger partial charge is 0.352 e. The normalized spacial score (nSPS) is 12.0. The van der Waals surface area contributed by atoms with Crippen LogP contribution in [0.3, 0.4) is 0 Å². The van der Waals surface area contributed by atoms with E-state index in [2.05, 4.69) is 5.32 Å². The number of amides is 2. The van der Waals surface area contributed by atoms with E-state index in [-0.39, 0.29) is 45.5 Å². The van der Waals surface area contributed by atoms with Gasteiger partial charge >= 0.3 is 0 Å². The predicted molar refractivity (Wildman–Crippen MR) is 177 cm³/mol. The number of carbonyl (C=O) groups excluding carboxylic acids is 2. The second kappa shape index (κ2) is 14.9. The maximum Gasteiger partial charge on any atom is 0.264 e. The van der Waals surface area contributed by atoms with Gasteiger partial charge in [0, 0.05) is 24.0 Å². The number of carbonyl (C=O) groups is 2. The monoisotopic (exact) mass is 671 g/mol. The molecule has 4 rings (SSSR count). The molecule has 7 nitrogen and oxygen atoms in total. The number of benzene rings is 4. The minimum Gasteiger partial charge on any atom is -0.352 e. The van der Waals surface area contributed by atoms with Gasteiger partial charge in [-0.05, 0) is 67.4 Å². The van der Waals surface area contributed by atoms with Crippen molar-refractivity contribution in [3.63, 3.8) is 0 Å². The second-order valence-corrected chi connectivity index (χ2v) is 13.6.